The fourth-order valence-corrected chi connectivity index (χ4v) is 2.44. The predicted molar refractivity (Wildman–Crippen MR) is 79.5 cm³/mol. The lowest BCUT2D eigenvalue weighted by Gasteiger charge is -2.02. The van der Waals surface area contributed by atoms with Crippen molar-refractivity contribution in [2.45, 2.75) is 12.8 Å². The molecule has 0 saturated carbocycles. The van der Waals surface area contributed by atoms with E-state index in [9.17, 15) is 4.79 Å². The van der Waals surface area contributed by atoms with Crippen LogP contribution in [0.3, 0.4) is 0 Å². The Kier molecular flexibility index (Phi) is 5.35. The normalized spacial score (nSPS) is 9.85. The monoisotopic (exact) mass is 288 g/mol. The van der Waals surface area contributed by atoms with Crippen molar-refractivity contribution in [2.24, 2.45) is 5.73 Å². The van der Waals surface area contributed by atoms with Crippen molar-refractivity contribution < 1.29 is 4.79 Å². The predicted octanol–water partition coefficient (Wildman–Crippen LogP) is 1.14. The Morgan fingerprint density at radius 1 is 1.50 bits per heavy atom. The fraction of sp³-hybridized carbons (Fsp3) is 0.286. The smallest absolute Gasteiger partial charge is 0.261 e. The molecule has 104 valence electrons. The van der Waals surface area contributed by atoms with Gasteiger partial charge in [0.15, 0.2) is 0 Å². The number of nitrogens with one attached hydrogen (secondary N) is 2. The number of carbonyl (C=O) groups excluding carboxylic acids is 1. The number of aromatic amines is 1. The van der Waals surface area contributed by atoms with Gasteiger partial charge < -0.3 is 16.0 Å². The summed E-state index contributed by atoms with van der Waals surface area (Å²) >= 11 is 1.38. The molecule has 1 amide bonds. The minimum absolute atomic E-state index is 0.0600. The number of rotatable bonds is 5. The fourth-order valence-electron chi connectivity index (χ4n) is 1.64. The molecule has 0 radical (unpaired) electrons. The van der Waals surface area contributed by atoms with E-state index in [0.717, 1.165) is 23.5 Å². The third kappa shape index (κ3) is 4.23. The molecule has 2 aromatic heterocycles. The highest BCUT2D eigenvalue weighted by Gasteiger charge is 2.07. The Bertz CT molecular complexity index is 607. The highest BCUT2D eigenvalue weighted by molar-refractivity contribution is 7.14. The zero-order valence-electron chi connectivity index (χ0n) is 11.0. The van der Waals surface area contributed by atoms with E-state index in [-0.39, 0.29) is 5.91 Å². The van der Waals surface area contributed by atoms with Crippen molar-refractivity contribution >= 4 is 17.2 Å². The molecule has 2 heterocycles. The van der Waals surface area contributed by atoms with E-state index in [1.807, 2.05) is 6.07 Å². The van der Waals surface area contributed by atoms with Gasteiger partial charge in [0.05, 0.1) is 16.3 Å². The number of hydrogen-bond acceptors (Lipinski definition) is 4. The van der Waals surface area contributed by atoms with Crippen LogP contribution in [0.15, 0.2) is 24.5 Å². The molecule has 0 spiro atoms. The third-order valence-corrected chi connectivity index (χ3v) is 3.57. The molecule has 5 nitrogen and oxygen atoms in total. The van der Waals surface area contributed by atoms with Crippen LogP contribution in [0.4, 0.5) is 0 Å². The SMILES string of the molecule is NCC#Cc1ccc(C(=O)NCCCc2ncc[nH]2)s1. The van der Waals surface area contributed by atoms with E-state index in [1.54, 1.807) is 18.5 Å². The molecule has 0 unspecified atom stereocenters. The first-order valence-electron chi connectivity index (χ1n) is 6.35. The van der Waals surface area contributed by atoms with Crippen LogP contribution in [-0.2, 0) is 6.42 Å². The van der Waals surface area contributed by atoms with Crippen molar-refractivity contribution in [1.82, 2.24) is 15.3 Å². The van der Waals surface area contributed by atoms with E-state index < -0.39 is 0 Å². The van der Waals surface area contributed by atoms with Crippen molar-refractivity contribution in [3.05, 3.63) is 40.1 Å². The Morgan fingerprint density at radius 3 is 3.15 bits per heavy atom. The van der Waals surface area contributed by atoms with Crippen molar-refractivity contribution in [1.29, 1.82) is 0 Å². The Hall–Kier alpha value is -2.10. The zero-order chi connectivity index (χ0) is 14.2. The van der Waals surface area contributed by atoms with Gasteiger partial charge in [0, 0.05) is 25.4 Å². The van der Waals surface area contributed by atoms with Gasteiger partial charge in [-0.3, -0.25) is 4.79 Å². The molecule has 0 aliphatic carbocycles. The van der Waals surface area contributed by atoms with E-state index in [0.29, 0.717) is 18.0 Å². The summed E-state index contributed by atoms with van der Waals surface area (Å²) in [6, 6.07) is 3.62. The lowest BCUT2D eigenvalue weighted by Crippen LogP contribution is -2.23. The van der Waals surface area contributed by atoms with Gasteiger partial charge in [-0.25, -0.2) is 4.98 Å². The summed E-state index contributed by atoms with van der Waals surface area (Å²) < 4.78 is 0. The van der Waals surface area contributed by atoms with Gasteiger partial charge in [0.2, 0.25) is 0 Å². The summed E-state index contributed by atoms with van der Waals surface area (Å²) in [5.74, 6) is 6.57. The van der Waals surface area contributed by atoms with Crippen LogP contribution in [0.5, 0.6) is 0 Å². The summed E-state index contributed by atoms with van der Waals surface area (Å²) in [4.78, 5) is 20.6. The average molecular weight is 288 g/mol. The first-order chi connectivity index (χ1) is 9.79. The van der Waals surface area contributed by atoms with E-state index >= 15 is 0 Å². The molecule has 2 aromatic rings. The maximum Gasteiger partial charge on any atom is 0.261 e. The molecule has 2 rings (SSSR count). The largest absolute Gasteiger partial charge is 0.351 e. The number of thiophene rings is 1. The van der Waals surface area contributed by atoms with Crippen LogP contribution in [-0.4, -0.2) is 29.0 Å². The number of hydrogen-bond donors (Lipinski definition) is 3. The van der Waals surface area contributed by atoms with Gasteiger partial charge in [-0.1, -0.05) is 11.8 Å². The van der Waals surface area contributed by atoms with Crippen LogP contribution in [0, 0.1) is 11.8 Å². The maximum absolute atomic E-state index is 11.9. The highest BCUT2D eigenvalue weighted by Crippen LogP contribution is 2.15. The third-order valence-electron chi connectivity index (χ3n) is 2.57. The maximum atomic E-state index is 11.9. The van der Waals surface area contributed by atoms with Crippen LogP contribution in [0.25, 0.3) is 0 Å². The summed E-state index contributed by atoms with van der Waals surface area (Å²) in [5.41, 5.74) is 5.31. The summed E-state index contributed by atoms with van der Waals surface area (Å²) in [5, 5.41) is 2.89. The first kappa shape index (κ1) is 14.3. The minimum Gasteiger partial charge on any atom is -0.351 e. The quantitative estimate of drug-likeness (QED) is 0.570. The number of amides is 1. The summed E-state index contributed by atoms with van der Waals surface area (Å²) in [6.45, 7) is 0.952. The van der Waals surface area contributed by atoms with Gasteiger partial charge >= 0.3 is 0 Å². The number of nitrogens with zero attached hydrogens (tertiary/aromatic N) is 1. The lowest BCUT2D eigenvalue weighted by atomic mass is 10.3. The Morgan fingerprint density at radius 2 is 2.40 bits per heavy atom. The van der Waals surface area contributed by atoms with Gasteiger partial charge in [-0.15, -0.1) is 11.3 Å². The van der Waals surface area contributed by atoms with Crippen LogP contribution in [0.2, 0.25) is 0 Å². The highest BCUT2D eigenvalue weighted by atomic mass is 32.1. The summed E-state index contributed by atoms with van der Waals surface area (Å²) in [7, 11) is 0. The van der Waals surface area contributed by atoms with Gasteiger partial charge in [0.25, 0.3) is 5.91 Å². The molecular formula is C14H16N4OS. The number of aryl methyl sites for hydroxylation is 1. The molecule has 0 atom stereocenters. The van der Waals surface area contributed by atoms with Gasteiger partial charge in [-0.05, 0) is 18.6 Å². The number of aromatic nitrogens is 2. The summed E-state index contributed by atoms with van der Waals surface area (Å²) in [6.07, 6.45) is 5.20. The van der Waals surface area contributed by atoms with Crippen molar-refractivity contribution in [3.8, 4) is 11.8 Å². The number of imidazole rings is 1. The second kappa shape index (κ2) is 7.48. The van der Waals surface area contributed by atoms with E-state index in [2.05, 4.69) is 27.1 Å². The Labute approximate surface area is 121 Å². The molecule has 0 bridgehead atoms. The second-order valence-electron chi connectivity index (χ2n) is 4.07. The molecule has 20 heavy (non-hydrogen) atoms. The molecular weight excluding hydrogens is 272 g/mol. The first-order valence-corrected chi connectivity index (χ1v) is 7.16. The van der Waals surface area contributed by atoms with Crippen molar-refractivity contribution in [3.63, 3.8) is 0 Å². The molecule has 4 N–H and O–H groups in total. The second-order valence-corrected chi connectivity index (χ2v) is 5.15. The van der Waals surface area contributed by atoms with E-state index in [1.165, 1.54) is 11.3 Å². The topological polar surface area (TPSA) is 83.8 Å². The standard InChI is InChI=1S/C14H16N4OS/c15-7-1-3-11-5-6-12(20-11)14(19)18-8-2-4-13-16-9-10-17-13/h5-6,9-10H,2,4,7-8,15H2,(H,16,17)(H,18,19). The molecule has 0 fully saturated rings. The minimum atomic E-state index is -0.0600. The number of H-pyrrole nitrogens is 1. The zero-order valence-corrected chi connectivity index (χ0v) is 11.8. The van der Waals surface area contributed by atoms with Crippen LogP contribution in [0.1, 0.15) is 26.8 Å². The van der Waals surface area contributed by atoms with Crippen molar-refractivity contribution in [2.75, 3.05) is 13.1 Å². The van der Waals surface area contributed by atoms with Gasteiger partial charge in [0.1, 0.15) is 5.82 Å². The van der Waals surface area contributed by atoms with Crippen LogP contribution >= 0.6 is 11.3 Å². The van der Waals surface area contributed by atoms with Crippen LogP contribution < -0.4 is 11.1 Å². The lowest BCUT2D eigenvalue weighted by molar-refractivity contribution is 0.0957. The van der Waals surface area contributed by atoms with E-state index in [4.69, 9.17) is 5.73 Å². The molecule has 0 saturated heterocycles. The Balaban J connectivity index is 1.75. The average Bonchev–Trinajstić information content (AvgIpc) is 3.12. The molecule has 0 aromatic carbocycles. The molecule has 0 aliphatic heterocycles. The molecule has 0 aliphatic rings. The van der Waals surface area contributed by atoms with Gasteiger partial charge in [-0.2, -0.15) is 0 Å². The number of nitrogens with two attached hydrogens (primary N) is 1. The molecule has 6 heteroatoms. The number of carbonyl (C=O) groups is 1.